The minimum Gasteiger partial charge on any atom is -0.368 e. The molecule has 0 radical (unpaired) electrons. The van der Waals surface area contributed by atoms with Gasteiger partial charge in [-0.1, -0.05) is 48.0 Å². The van der Waals surface area contributed by atoms with Crippen LogP contribution in [0.15, 0.2) is 78.6 Å². The van der Waals surface area contributed by atoms with E-state index in [9.17, 15) is 4.79 Å². The number of anilines is 2. The molecular formula is C26H28N4O. The molecule has 0 unspecified atom stereocenters. The maximum atomic E-state index is 12.0. The molecule has 31 heavy (non-hydrogen) atoms. The average molecular weight is 413 g/mol. The molecule has 2 heterocycles. The van der Waals surface area contributed by atoms with Gasteiger partial charge in [0, 0.05) is 24.5 Å². The molecule has 4 rings (SSSR count). The van der Waals surface area contributed by atoms with E-state index < -0.39 is 0 Å². The van der Waals surface area contributed by atoms with Crippen LogP contribution in [0, 0.1) is 0 Å². The second-order valence-electron chi connectivity index (χ2n) is 7.81. The Bertz CT molecular complexity index is 1020. The van der Waals surface area contributed by atoms with Crippen LogP contribution >= 0.6 is 0 Å². The molecule has 2 aromatic heterocycles. The van der Waals surface area contributed by atoms with Gasteiger partial charge in [-0.05, 0) is 55.9 Å². The highest BCUT2D eigenvalue weighted by atomic mass is 16.1. The Labute approximate surface area is 183 Å². The lowest BCUT2D eigenvalue weighted by Gasteiger charge is -2.22. The van der Waals surface area contributed by atoms with E-state index in [2.05, 4.69) is 16.4 Å². The average Bonchev–Trinajstić information content (AvgIpc) is 2.84. The second-order valence-corrected chi connectivity index (χ2v) is 7.81. The highest BCUT2D eigenvalue weighted by Crippen LogP contribution is 2.29. The maximum Gasteiger partial charge on any atom is 0.214 e. The fourth-order valence-electron chi connectivity index (χ4n) is 3.92. The number of hydrogen-bond acceptors (Lipinski definition) is 4. The lowest BCUT2D eigenvalue weighted by Crippen LogP contribution is -2.22. The number of carbonyl (C=O) groups excluding carboxylic acids is 1. The molecule has 5 heteroatoms. The summed E-state index contributed by atoms with van der Waals surface area (Å²) in [7, 11) is 0. The van der Waals surface area contributed by atoms with Crippen LogP contribution < -0.4 is 10.2 Å². The molecular weight excluding hydrogens is 384 g/mol. The number of nitrogens with zero attached hydrogens (tertiary/aromatic N) is 3. The molecule has 0 fully saturated rings. The van der Waals surface area contributed by atoms with Crippen molar-refractivity contribution in [2.45, 2.75) is 38.6 Å². The van der Waals surface area contributed by atoms with Crippen molar-refractivity contribution >= 4 is 17.9 Å². The lowest BCUT2D eigenvalue weighted by molar-refractivity contribution is -0.107. The highest BCUT2D eigenvalue weighted by Gasteiger charge is 2.15. The fourth-order valence-corrected chi connectivity index (χ4v) is 3.92. The van der Waals surface area contributed by atoms with Gasteiger partial charge in [0.05, 0.1) is 17.9 Å². The number of benzene rings is 1. The van der Waals surface area contributed by atoms with Gasteiger partial charge in [-0.15, -0.1) is 0 Å². The van der Waals surface area contributed by atoms with E-state index in [0.29, 0.717) is 6.54 Å². The minimum absolute atomic E-state index is 0.448. The maximum absolute atomic E-state index is 12.0. The summed E-state index contributed by atoms with van der Waals surface area (Å²) in [6.07, 6.45) is 12.7. The SMILES string of the molecule is O=CN(Cc1cccnc1)c1ccc(-c2ccccc2)nc1NCCC1=CCCCC1. The third kappa shape index (κ3) is 5.57. The van der Waals surface area contributed by atoms with E-state index in [1.165, 1.54) is 31.3 Å². The smallest absolute Gasteiger partial charge is 0.214 e. The van der Waals surface area contributed by atoms with Crippen LogP contribution in [0.1, 0.15) is 37.7 Å². The molecule has 0 atom stereocenters. The molecule has 1 aliphatic carbocycles. The number of aromatic nitrogens is 2. The van der Waals surface area contributed by atoms with Crippen molar-refractivity contribution in [2.75, 3.05) is 16.8 Å². The largest absolute Gasteiger partial charge is 0.368 e. The first-order valence-corrected chi connectivity index (χ1v) is 10.9. The van der Waals surface area contributed by atoms with E-state index in [0.717, 1.165) is 47.7 Å². The Kier molecular flexibility index (Phi) is 7.06. The number of rotatable bonds is 9. The summed E-state index contributed by atoms with van der Waals surface area (Å²) in [6, 6.07) is 17.9. The Morgan fingerprint density at radius 1 is 1.03 bits per heavy atom. The summed E-state index contributed by atoms with van der Waals surface area (Å²) in [6.45, 7) is 1.24. The molecule has 1 aromatic carbocycles. The Hall–Kier alpha value is -3.47. The molecule has 1 aliphatic rings. The monoisotopic (exact) mass is 412 g/mol. The van der Waals surface area contributed by atoms with Crippen molar-refractivity contribution in [3.63, 3.8) is 0 Å². The van der Waals surface area contributed by atoms with Crippen molar-refractivity contribution in [1.29, 1.82) is 0 Å². The molecule has 3 aromatic rings. The van der Waals surface area contributed by atoms with Gasteiger partial charge in [0.2, 0.25) is 6.41 Å². The third-order valence-electron chi connectivity index (χ3n) is 5.58. The molecule has 0 bridgehead atoms. The van der Waals surface area contributed by atoms with Crippen LogP contribution in [-0.4, -0.2) is 22.9 Å². The van der Waals surface area contributed by atoms with Crippen LogP contribution in [0.25, 0.3) is 11.3 Å². The normalized spacial score (nSPS) is 13.4. The zero-order chi connectivity index (χ0) is 21.3. The molecule has 0 aliphatic heterocycles. The molecule has 0 saturated heterocycles. The lowest BCUT2D eigenvalue weighted by atomic mass is 9.97. The van der Waals surface area contributed by atoms with Crippen LogP contribution in [0.4, 0.5) is 11.5 Å². The summed E-state index contributed by atoms with van der Waals surface area (Å²) in [5.41, 5.74) is 5.20. The molecule has 1 amide bonds. The van der Waals surface area contributed by atoms with Gasteiger partial charge in [0.25, 0.3) is 0 Å². The van der Waals surface area contributed by atoms with Crippen molar-refractivity contribution in [3.8, 4) is 11.3 Å². The van der Waals surface area contributed by atoms with E-state index >= 15 is 0 Å². The highest BCUT2D eigenvalue weighted by molar-refractivity contribution is 5.83. The first-order valence-electron chi connectivity index (χ1n) is 10.9. The van der Waals surface area contributed by atoms with Crippen LogP contribution in [0.5, 0.6) is 0 Å². The van der Waals surface area contributed by atoms with Gasteiger partial charge < -0.3 is 10.2 Å². The van der Waals surface area contributed by atoms with Gasteiger partial charge in [0.15, 0.2) is 5.82 Å². The van der Waals surface area contributed by atoms with Gasteiger partial charge in [-0.25, -0.2) is 4.98 Å². The van der Waals surface area contributed by atoms with E-state index in [4.69, 9.17) is 4.98 Å². The van der Waals surface area contributed by atoms with E-state index in [1.54, 1.807) is 17.3 Å². The van der Waals surface area contributed by atoms with Crippen molar-refractivity contribution in [3.05, 3.63) is 84.2 Å². The van der Waals surface area contributed by atoms with E-state index in [-0.39, 0.29) is 0 Å². The number of allylic oxidation sites excluding steroid dienone is 1. The van der Waals surface area contributed by atoms with Gasteiger partial charge in [-0.2, -0.15) is 0 Å². The summed E-state index contributed by atoms with van der Waals surface area (Å²) in [5, 5.41) is 3.50. The number of amides is 1. The summed E-state index contributed by atoms with van der Waals surface area (Å²) in [5.74, 6) is 0.730. The molecule has 0 saturated carbocycles. The standard InChI is InChI=1S/C26H28N4O/c31-20-30(19-22-10-7-16-27-18-22)25-14-13-24(23-11-5-2-6-12-23)29-26(25)28-17-15-21-8-3-1-4-9-21/h2,5-8,10-14,16,18,20H,1,3-4,9,15,17,19H2,(H,28,29). The first-order chi connectivity index (χ1) is 15.3. The predicted octanol–water partition coefficient (Wildman–Crippen LogP) is 5.61. The number of hydrogen-bond donors (Lipinski definition) is 1. The van der Waals surface area contributed by atoms with E-state index in [1.807, 2.05) is 54.6 Å². The quantitative estimate of drug-likeness (QED) is 0.367. The first kappa shape index (κ1) is 20.8. The Morgan fingerprint density at radius 3 is 2.68 bits per heavy atom. The fraction of sp³-hybridized carbons (Fsp3) is 0.269. The van der Waals surface area contributed by atoms with Crippen LogP contribution in [-0.2, 0) is 11.3 Å². The number of nitrogens with one attached hydrogen (secondary N) is 1. The number of pyridine rings is 2. The van der Waals surface area contributed by atoms with Crippen LogP contribution in [0.2, 0.25) is 0 Å². The topological polar surface area (TPSA) is 58.1 Å². The molecule has 0 spiro atoms. The summed E-state index contributed by atoms with van der Waals surface area (Å²) >= 11 is 0. The van der Waals surface area contributed by atoms with Gasteiger partial charge in [0.1, 0.15) is 0 Å². The third-order valence-corrected chi connectivity index (χ3v) is 5.58. The summed E-state index contributed by atoms with van der Waals surface area (Å²) in [4.78, 5) is 22.7. The summed E-state index contributed by atoms with van der Waals surface area (Å²) < 4.78 is 0. The molecule has 5 nitrogen and oxygen atoms in total. The van der Waals surface area contributed by atoms with Crippen molar-refractivity contribution in [2.24, 2.45) is 0 Å². The van der Waals surface area contributed by atoms with Crippen molar-refractivity contribution < 1.29 is 4.79 Å². The predicted molar refractivity (Wildman–Crippen MR) is 126 cm³/mol. The Balaban J connectivity index is 1.59. The number of carbonyl (C=O) groups is 1. The zero-order valence-corrected chi connectivity index (χ0v) is 17.7. The van der Waals surface area contributed by atoms with Gasteiger partial charge >= 0.3 is 0 Å². The van der Waals surface area contributed by atoms with Crippen LogP contribution in [0.3, 0.4) is 0 Å². The minimum atomic E-state index is 0.448. The second kappa shape index (κ2) is 10.5. The Morgan fingerprint density at radius 2 is 1.94 bits per heavy atom. The molecule has 158 valence electrons. The molecule has 1 N–H and O–H groups in total. The van der Waals surface area contributed by atoms with Gasteiger partial charge in [-0.3, -0.25) is 9.78 Å². The van der Waals surface area contributed by atoms with Crippen molar-refractivity contribution in [1.82, 2.24) is 9.97 Å². The zero-order valence-electron chi connectivity index (χ0n) is 17.7.